The lowest BCUT2D eigenvalue weighted by Gasteiger charge is -2.23. The number of carbonyl (C=O) groups excluding carboxylic acids is 2. The van der Waals surface area contributed by atoms with Crippen LogP contribution in [0.5, 0.6) is 0 Å². The molecule has 1 atom stereocenters. The lowest BCUT2D eigenvalue weighted by atomic mass is 10.1. The summed E-state index contributed by atoms with van der Waals surface area (Å²) in [6.07, 6.45) is 0.300. The summed E-state index contributed by atoms with van der Waals surface area (Å²) in [6, 6.07) is 5.52. The van der Waals surface area contributed by atoms with E-state index < -0.39 is 0 Å². The Kier molecular flexibility index (Phi) is 6.75. The van der Waals surface area contributed by atoms with Crippen molar-refractivity contribution in [2.24, 2.45) is 0 Å². The Morgan fingerprint density at radius 2 is 1.92 bits per heavy atom. The highest BCUT2D eigenvalue weighted by Gasteiger charge is 2.32. The topological polar surface area (TPSA) is 52.7 Å². The number of alkyl halides is 2. The van der Waals surface area contributed by atoms with E-state index in [4.69, 9.17) is 23.2 Å². The molecular formula is C17H23Cl2N3O2. The normalized spacial score (nSPS) is 17.2. The molecule has 1 aliphatic rings. The first-order valence-corrected chi connectivity index (χ1v) is 9.08. The summed E-state index contributed by atoms with van der Waals surface area (Å²) in [5.74, 6) is 0.718. The predicted molar refractivity (Wildman–Crippen MR) is 98.2 cm³/mol. The van der Waals surface area contributed by atoms with Crippen LogP contribution in [0.25, 0.3) is 0 Å². The van der Waals surface area contributed by atoms with Crippen LogP contribution in [0.1, 0.15) is 17.5 Å². The molecule has 1 aliphatic heterocycles. The number of urea groups is 1. The second-order valence-electron chi connectivity index (χ2n) is 5.99. The number of nitrogens with one attached hydrogen (secondary N) is 1. The van der Waals surface area contributed by atoms with Gasteiger partial charge in [0, 0.05) is 43.5 Å². The smallest absolute Gasteiger partial charge is 0.317 e. The molecule has 7 heteroatoms. The number of anilines is 1. The lowest BCUT2D eigenvalue weighted by molar-refractivity contribution is -0.117. The molecule has 1 aromatic carbocycles. The van der Waals surface area contributed by atoms with Crippen LogP contribution in [0.2, 0.25) is 0 Å². The van der Waals surface area contributed by atoms with E-state index in [-0.39, 0.29) is 18.0 Å². The maximum absolute atomic E-state index is 12.3. The minimum Gasteiger partial charge on any atom is -0.333 e. The molecule has 3 amide bonds. The van der Waals surface area contributed by atoms with Crippen LogP contribution in [0, 0.1) is 13.8 Å². The second-order valence-corrected chi connectivity index (χ2v) is 6.74. The number of nitrogens with zero attached hydrogens (tertiary/aromatic N) is 2. The molecular weight excluding hydrogens is 349 g/mol. The quantitative estimate of drug-likeness (QED) is 0.781. The molecule has 5 nitrogen and oxygen atoms in total. The molecule has 0 spiro atoms. The van der Waals surface area contributed by atoms with E-state index in [2.05, 4.69) is 5.32 Å². The summed E-state index contributed by atoms with van der Waals surface area (Å²) in [7, 11) is 0. The van der Waals surface area contributed by atoms with Crippen molar-refractivity contribution < 1.29 is 9.59 Å². The van der Waals surface area contributed by atoms with Crippen molar-refractivity contribution in [2.45, 2.75) is 26.3 Å². The van der Waals surface area contributed by atoms with Gasteiger partial charge in [0.25, 0.3) is 0 Å². The molecule has 1 heterocycles. The summed E-state index contributed by atoms with van der Waals surface area (Å²) in [5, 5.41) is 2.91. The van der Waals surface area contributed by atoms with Gasteiger partial charge in [-0.3, -0.25) is 4.79 Å². The van der Waals surface area contributed by atoms with Crippen LogP contribution in [0.3, 0.4) is 0 Å². The standard InChI is InChI=1S/C17H23Cl2N3O2/c1-12-3-4-15(9-13(12)2)22-11-14(10-16(22)23)20-17(24)21(7-5-18)8-6-19/h3-4,9,14H,5-8,10-11H2,1-2H3,(H,20,24)/t14-/m1/s1. The van der Waals surface area contributed by atoms with Crippen molar-refractivity contribution in [3.05, 3.63) is 29.3 Å². The summed E-state index contributed by atoms with van der Waals surface area (Å²) in [5.41, 5.74) is 3.20. The Hall–Kier alpha value is -1.46. The van der Waals surface area contributed by atoms with Crippen LogP contribution < -0.4 is 10.2 Å². The molecule has 24 heavy (non-hydrogen) atoms. The van der Waals surface area contributed by atoms with E-state index in [0.717, 1.165) is 11.3 Å². The van der Waals surface area contributed by atoms with Gasteiger partial charge in [-0.2, -0.15) is 0 Å². The Morgan fingerprint density at radius 1 is 1.25 bits per heavy atom. The van der Waals surface area contributed by atoms with Crippen molar-refractivity contribution >= 4 is 40.8 Å². The Balaban J connectivity index is 2.01. The van der Waals surface area contributed by atoms with Gasteiger partial charge in [0.1, 0.15) is 0 Å². The number of amides is 3. The van der Waals surface area contributed by atoms with Crippen LogP contribution in [0.15, 0.2) is 18.2 Å². The monoisotopic (exact) mass is 371 g/mol. The highest BCUT2D eigenvalue weighted by molar-refractivity contribution is 6.18. The van der Waals surface area contributed by atoms with Gasteiger partial charge in [-0.1, -0.05) is 6.07 Å². The van der Waals surface area contributed by atoms with Crippen molar-refractivity contribution in [1.82, 2.24) is 10.2 Å². The third-order valence-corrected chi connectivity index (χ3v) is 4.59. The maximum atomic E-state index is 12.3. The van der Waals surface area contributed by atoms with Gasteiger partial charge in [-0.15, -0.1) is 23.2 Å². The third kappa shape index (κ3) is 4.54. The molecule has 0 bridgehead atoms. The molecule has 1 aromatic rings. The Labute approximate surface area is 152 Å². The zero-order chi connectivity index (χ0) is 17.7. The van der Waals surface area contributed by atoms with Gasteiger partial charge in [0.05, 0.1) is 6.04 Å². The molecule has 0 unspecified atom stereocenters. The summed E-state index contributed by atoms with van der Waals surface area (Å²) in [4.78, 5) is 27.9. The molecule has 1 fully saturated rings. The molecule has 2 rings (SSSR count). The molecule has 0 radical (unpaired) electrons. The van der Waals surface area contributed by atoms with Crippen LogP contribution >= 0.6 is 23.2 Å². The largest absolute Gasteiger partial charge is 0.333 e. The maximum Gasteiger partial charge on any atom is 0.317 e. The number of carbonyl (C=O) groups is 2. The zero-order valence-corrected chi connectivity index (χ0v) is 15.5. The molecule has 0 saturated carbocycles. The third-order valence-electron chi connectivity index (χ3n) is 4.25. The first-order chi connectivity index (χ1) is 11.5. The van der Waals surface area contributed by atoms with E-state index in [9.17, 15) is 9.59 Å². The second kappa shape index (κ2) is 8.58. The van der Waals surface area contributed by atoms with Crippen LogP contribution in [0.4, 0.5) is 10.5 Å². The molecule has 1 N–H and O–H groups in total. The van der Waals surface area contributed by atoms with E-state index in [1.807, 2.05) is 32.0 Å². The number of rotatable bonds is 6. The highest BCUT2D eigenvalue weighted by atomic mass is 35.5. The van der Waals surface area contributed by atoms with Crippen molar-refractivity contribution in [3.8, 4) is 0 Å². The average molecular weight is 372 g/mol. The van der Waals surface area contributed by atoms with E-state index in [0.29, 0.717) is 37.8 Å². The number of aryl methyl sites for hydroxylation is 2. The van der Waals surface area contributed by atoms with Gasteiger partial charge >= 0.3 is 6.03 Å². The van der Waals surface area contributed by atoms with Gasteiger partial charge in [0.2, 0.25) is 5.91 Å². The fraction of sp³-hybridized carbons (Fsp3) is 0.529. The number of hydrogen-bond donors (Lipinski definition) is 1. The summed E-state index contributed by atoms with van der Waals surface area (Å²) < 4.78 is 0. The van der Waals surface area contributed by atoms with Gasteiger partial charge in [0.15, 0.2) is 0 Å². The fourth-order valence-electron chi connectivity index (χ4n) is 2.73. The summed E-state index contributed by atoms with van der Waals surface area (Å²) in [6.45, 7) is 5.40. The van der Waals surface area contributed by atoms with Crippen molar-refractivity contribution in [3.63, 3.8) is 0 Å². The molecule has 0 aromatic heterocycles. The lowest BCUT2D eigenvalue weighted by Crippen LogP contribution is -2.47. The van der Waals surface area contributed by atoms with E-state index >= 15 is 0 Å². The van der Waals surface area contributed by atoms with Crippen molar-refractivity contribution in [2.75, 3.05) is 36.3 Å². The molecule has 0 aliphatic carbocycles. The van der Waals surface area contributed by atoms with Gasteiger partial charge < -0.3 is 15.1 Å². The molecule has 132 valence electrons. The first kappa shape index (κ1) is 18.9. The van der Waals surface area contributed by atoms with Crippen LogP contribution in [-0.2, 0) is 4.79 Å². The number of benzene rings is 1. The number of halogens is 2. The zero-order valence-electron chi connectivity index (χ0n) is 14.0. The van der Waals surface area contributed by atoms with E-state index in [1.165, 1.54) is 5.56 Å². The Bertz CT molecular complexity index is 603. The number of hydrogen-bond acceptors (Lipinski definition) is 2. The SMILES string of the molecule is Cc1ccc(N2C[C@H](NC(=O)N(CCCl)CCCl)CC2=O)cc1C. The first-order valence-electron chi connectivity index (χ1n) is 8.01. The van der Waals surface area contributed by atoms with Crippen molar-refractivity contribution in [1.29, 1.82) is 0 Å². The average Bonchev–Trinajstić information content (AvgIpc) is 2.90. The van der Waals surface area contributed by atoms with Gasteiger partial charge in [-0.05, 0) is 37.1 Å². The summed E-state index contributed by atoms with van der Waals surface area (Å²) >= 11 is 11.4. The minimum atomic E-state index is -0.226. The minimum absolute atomic E-state index is 0.0183. The predicted octanol–water partition coefficient (Wildman–Crippen LogP) is 2.90. The van der Waals surface area contributed by atoms with E-state index in [1.54, 1.807) is 9.80 Å². The highest BCUT2D eigenvalue weighted by Crippen LogP contribution is 2.24. The Morgan fingerprint density at radius 3 is 2.50 bits per heavy atom. The molecule has 1 saturated heterocycles. The van der Waals surface area contributed by atoms with Crippen LogP contribution in [-0.4, -0.2) is 54.3 Å². The fourth-order valence-corrected chi connectivity index (χ4v) is 3.14. The van der Waals surface area contributed by atoms with Gasteiger partial charge in [-0.25, -0.2) is 4.79 Å².